The van der Waals surface area contributed by atoms with Crippen LogP contribution in [-0.2, 0) is 28.5 Å². The van der Waals surface area contributed by atoms with Gasteiger partial charge in [0.15, 0.2) is 6.29 Å². The molecule has 20 heavy (non-hydrogen) atoms. The average molecular weight is 309 g/mol. The maximum atomic E-state index is 11.5. The lowest BCUT2D eigenvalue weighted by molar-refractivity contribution is -0.242. The molecule has 0 aromatic carbocycles. The standard InChI is InChI=1S/C13H21ClO6/c1-3-17-11(15)6-9-5-10(8-14)20-13(19-9)7-12(16)18-4-2/h9-10,13H,3-8H2,1-2H3/t9-,10+,13?/m1/s1. The van der Waals surface area contributed by atoms with Crippen molar-refractivity contribution < 1.29 is 28.5 Å². The predicted octanol–water partition coefficient (Wildman–Crippen LogP) is 1.63. The first-order valence-electron chi connectivity index (χ1n) is 6.77. The van der Waals surface area contributed by atoms with Crippen LogP contribution in [-0.4, -0.2) is 49.5 Å². The summed E-state index contributed by atoms with van der Waals surface area (Å²) >= 11 is 5.79. The zero-order chi connectivity index (χ0) is 15.0. The highest BCUT2D eigenvalue weighted by Gasteiger charge is 2.32. The highest BCUT2D eigenvalue weighted by Crippen LogP contribution is 2.24. The minimum Gasteiger partial charge on any atom is -0.466 e. The Hall–Kier alpha value is -0.850. The van der Waals surface area contributed by atoms with E-state index < -0.39 is 12.3 Å². The predicted molar refractivity (Wildman–Crippen MR) is 71.4 cm³/mol. The molecule has 1 saturated heterocycles. The van der Waals surface area contributed by atoms with Crippen molar-refractivity contribution in [2.24, 2.45) is 0 Å². The van der Waals surface area contributed by atoms with Gasteiger partial charge in [-0.1, -0.05) is 0 Å². The van der Waals surface area contributed by atoms with Gasteiger partial charge in [-0.2, -0.15) is 0 Å². The summed E-state index contributed by atoms with van der Waals surface area (Å²) in [6, 6.07) is 0. The number of alkyl halides is 1. The van der Waals surface area contributed by atoms with E-state index in [0.29, 0.717) is 19.6 Å². The molecule has 0 spiro atoms. The first kappa shape index (κ1) is 17.2. The normalized spacial score (nSPS) is 26.1. The molecule has 3 atom stereocenters. The zero-order valence-corrected chi connectivity index (χ0v) is 12.6. The summed E-state index contributed by atoms with van der Waals surface area (Å²) in [5, 5.41) is 0. The van der Waals surface area contributed by atoms with E-state index in [1.165, 1.54) is 0 Å². The van der Waals surface area contributed by atoms with Gasteiger partial charge >= 0.3 is 11.9 Å². The number of carbonyl (C=O) groups excluding carboxylic acids is 2. The fourth-order valence-electron chi connectivity index (χ4n) is 1.95. The van der Waals surface area contributed by atoms with Gasteiger partial charge in [-0.25, -0.2) is 0 Å². The van der Waals surface area contributed by atoms with Crippen LogP contribution < -0.4 is 0 Å². The molecule has 116 valence electrons. The van der Waals surface area contributed by atoms with E-state index in [2.05, 4.69) is 0 Å². The molecule has 0 radical (unpaired) electrons. The van der Waals surface area contributed by atoms with E-state index in [-0.39, 0.29) is 36.9 Å². The van der Waals surface area contributed by atoms with Crippen molar-refractivity contribution in [3.05, 3.63) is 0 Å². The van der Waals surface area contributed by atoms with Crippen LogP contribution in [0.15, 0.2) is 0 Å². The van der Waals surface area contributed by atoms with Gasteiger partial charge in [0.2, 0.25) is 0 Å². The zero-order valence-electron chi connectivity index (χ0n) is 11.8. The Bertz CT molecular complexity index is 294. The summed E-state index contributed by atoms with van der Waals surface area (Å²) in [5.41, 5.74) is 0. The van der Waals surface area contributed by atoms with Crippen LogP contribution in [0.2, 0.25) is 0 Å². The molecule has 0 aromatic rings. The Morgan fingerprint density at radius 3 is 2.15 bits per heavy atom. The molecular formula is C13H21ClO6. The van der Waals surface area contributed by atoms with Crippen LogP contribution in [0.3, 0.4) is 0 Å². The Kier molecular flexibility index (Phi) is 7.87. The van der Waals surface area contributed by atoms with E-state index in [9.17, 15) is 9.59 Å². The second-order valence-corrected chi connectivity index (χ2v) is 4.66. The molecule has 0 saturated carbocycles. The quantitative estimate of drug-likeness (QED) is 0.526. The molecular weight excluding hydrogens is 288 g/mol. The SMILES string of the molecule is CCOC(=O)CC1O[C@H](CCl)C[C@H](CC(=O)OCC)O1. The molecule has 0 bridgehead atoms. The largest absolute Gasteiger partial charge is 0.466 e. The minimum absolute atomic E-state index is 0.0133. The van der Waals surface area contributed by atoms with Crippen LogP contribution in [0, 0.1) is 0 Å². The van der Waals surface area contributed by atoms with Gasteiger partial charge in [-0.05, 0) is 13.8 Å². The number of carbonyl (C=O) groups is 2. The average Bonchev–Trinajstić information content (AvgIpc) is 2.38. The molecule has 0 aromatic heterocycles. The number of halogens is 1. The molecule has 7 heteroatoms. The van der Waals surface area contributed by atoms with E-state index in [0.717, 1.165) is 0 Å². The van der Waals surface area contributed by atoms with Crippen molar-refractivity contribution in [2.45, 2.75) is 51.6 Å². The van der Waals surface area contributed by atoms with Gasteiger partial charge < -0.3 is 18.9 Å². The number of ether oxygens (including phenoxy) is 4. The topological polar surface area (TPSA) is 71.1 Å². The van der Waals surface area contributed by atoms with Crippen LogP contribution in [0.5, 0.6) is 0 Å². The van der Waals surface area contributed by atoms with Gasteiger partial charge in [0.1, 0.15) is 0 Å². The summed E-state index contributed by atoms with van der Waals surface area (Å²) in [6.07, 6.45) is -0.715. The molecule has 1 fully saturated rings. The first-order chi connectivity index (χ1) is 9.58. The third-order valence-electron chi connectivity index (χ3n) is 2.72. The monoisotopic (exact) mass is 308 g/mol. The van der Waals surface area contributed by atoms with Gasteiger partial charge in [0.25, 0.3) is 0 Å². The summed E-state index contributed by atoms with van der Waals surface area (Å²) in [5.74, 6) is -0.452. The summed E-state index contributed by atoms with van der Waals surface area (Å²) < 4.78 is 20.8. The Balaban J connectivity index is 2.50. The van der Waals surface area contributed by atoms with Gasteiger partial charge in [0, 0.05) is 12.3 Å². The third-order valence-corrected chi connectivity index (χ3v) is 3.07. The van der Waals surface area contributed by atoms with Crippen LogP contribution >= 0.6 is 11.6 Å². The lowest BCUT2D eigenvalue weighted by atomic mass is 10.1. The second kappa shape index (κ2) is 9.15. The Morgan fingerprint density at radius 1 is 1.05 bits per heavy atom. The van der Waals surface area contributed by atoms with Crippen molar-refractivity contribution in [3.63, 3.8) is 0 Å². The van der Waals surface area contributed by atoms with E-state index in [4.69, 9.17) is 30.5 Å². The smallest absolute Gasteiger partial charge is 0.310 e. The molecule has 1 heterocycles. The molecule has 6 nitrogen and oxygen atoms in total. The fraction of sp³-hybridized carbons (Fsp3) is 0.846. The van der Waals surface area contributed by atoms with Crippen molar-refractivity contribution in [1.82, 2.24) is 0 Å². The highest BCUT2D eigenvalue weighted by molar-refractivity contribution is 6.18. The molecule has 1 unspecified atom stereocenters. The Labute approximate surface area is 123 Å². The molecule has 0 amide bonds. The maximum absolute atomic E-state index is 11.5. The van der Waals surface area contributed by atoms with E-state index in [1.807, 2.05) is 0 Å². The fourth-order valence-corrected chi connectivity index (χ4v) is 2.15. The summed E-state index contributed by atoms with van der Waals surface area (Å²) in [7, 11) is 0. The highest BCUT2D eigenvalue weighted by atomic mass is 35.5. The van der Waals surface area contributed by atoms with Crippen LogP contribution in [0.1, 0.15) is 33.1 Å². The van der Waals surface area contributed by atoms with Crippen LogP contribution in [0.4, 0.5) is 0 Å². The first-order valence-corrected chi connectivity index (χ1v) is 7.30. The lowest BCUT2D eigenvalue weighted by Crippen LogP contribution is -2.41. The molecule has 1 aliphatic rings. The van der Waals surface area contributed by atoms with Crippen molar-refractivity contribution in [1.29, 1.82) is 0 Å². The molecule has 1 aliphatic heterocycles. The molecule has 0 N–H and O–H groups in total. The minimum atomic E-state index is -0.731. The summed E-state index contributed by atoms with van der Waals surface area (Å²) in [6.45, 7) is 4.10. The molecule has 0 aliphatic carbocycles. The lowest BCUT2D eigenvalue weighted by Gasteiger charge is -2.34. The van der Waals surface area contributed by atoms with Gasteiger partial charge in [-0.15, -0.1) is 11.6 Å². The Morgan fingerprint density at radius 2 is 1.60 bits per heavy atom. The van der Waals surface area contributed by atoms with Gasteiger partial charge in [-0.3, -0.25) is 9.59 Å². The van der Waals surface area contributed by atoms with Gasteiger partial charge in [0.05, 0.1) is 38.3 Å². The summed E-state index contributed by atoms with van der Waals surface area (Å²) in [4.78, 5) is 22.9. The van der Waals surface area contributed by atoms with Crippen molar-refractivity contribution >= 4 is 23.5 Å². The van der Waals surface area contributed by atoms with E-state index in [1.54, 1.807) is 13.8 Å². The second-order valence-electron chi connectivity index (χ2n) is 4.35. The number of esters is 2. The van der Waals surface area contributed by atoms with Crippen LogP contribution in [0.25, 0.3) is 0 Å². The maximum Gasteiger partial charge on any atom is 0.310 e. The number of hydrogen-bond acceptors (Lipinski definition) is 6. The third kappa shape index (κ3) is 6.07. The molecule has 1 rings (SSSR count). The number of hydrogen-bond donors (Lipinski definition) is 0. The van der Waals surface area contributed by atoms with Crippen molar-refractivity contribution in [3.8, 4) is 0 Å². The van der Waals surface area contributed by atoms with E-state index >= 15 is 0 Å². The van der Waals surface area contributed by atoms with Crippen molar-refractivity contribution in [2.75, 3.05) is 19.1 Å². The number of rotatable bonds is 7.